The van der Waals surface area contributed by atoms with Gasteiger partial charge in [-0.15, -0.1) is 0 Å². The van der Waals surface area contributed by atoms with E-state index in [4.69, 9.17) is 4.52 Å². The molecule has 3 nitrogen and oxygen atoms in total. The Morgan fingerprint density at radius 3 is 2.93 bits per heavy atom. The zero-order valence-corrected chi connectivity index (χ0v) is 8.13. The lowest BCUT2D eigenvalue weighted by Crippen LogP contribution is -1.95. The van der Waals surface area contributed by atoms with Crippen molar-refractivity contribution in [1.82, 2.24) is 9.72 Å². The number of hydrogen-bond donors (Lipinski definition) is 0. The summed E-state index contributed by atoms with van der Waals surface area (Å²) in [4.78, 5) is 0. The maximum Gasteiger partial charge on any atom is 0.156 e. The van der Waals surface area contributed by atoms with Crippen LogP contribution >= 0.6 is 0 Å². The highest BCUT2D eigenvalue weighted by Gasteiger charge is 2.02. The molecule has 0 saturated heterocycles. The lowest BCUT2D eigenvalue weighted by atomic mass is 10.2. The van der Waals surface area contributed by atoms with E-state index in [-0.39, 0.29) is 0 Å². The van der Waals surface area contributed by atoms with E-state index in [0.29, 0.717) is 0 Å². The van der Waals surface area contributed by atoms with Crippen LogP contribution in [0, 0.1) is 0 Å². The molecular formula is C12H10N2O. The molecule has 74 valence electrons. The smallest absolute Gasteiger partial charge is 0.156 e. The van der Waals surface area contributed by atoms with Gasteiger partial charge >= 0.3 is 0 Å². The fourth-order valence-electron chi connectivity index (χ4n) is 1.77. The van der Waals surface area contributed by atoms with Gasteiger partial charge in [0.2, 0.25) is 0 Å². The first-order chi connectivity index (χ1) is 7.43. The first-order valence-electron chi connectivity index (χ1n) is 4.87. The molecule has 3 rings (SSSR count). The number of benzene rings is 1. The Balaban J connectivity index is 2.05. The molecule has 0 radical (unpaired) electrons. The standard InChI is InChI=1S/C12H10N2O/c1-2-4-12-10(3-1)6-8-14(12)9-11-5-7-13-15-11/h1-8H,9H2. The molecular weight excluding hydrogens is 188 g/mol. The van der Waals surface area contributed by atoms with Crippen molar-refractivity contribution in [2.45, 2.75) is 6.54 Å². The molecule has 1 aromatic carbocycles. The molecule has 0 atom stereocenters. The van der Waals surface area contributed by atoms with E-state index in [0.717, 1.165) is 12.3 Å². The molecule has 0 saturated carbocycles. The van der Waals surface area contributed by atoms with Crippen molar-refractivity contribution < 1.29 is 4.52 Å². The molecule has 0 amide bonds. The molecule has 3 heteroatoms. The van der Waals surface area contributed by atoms with Gasteiger partial charge in [-0.25, -0.2) is 0 Å². The Morgan fingerprint density at radius 2 is 2.07 bits per heavy atom. The van der Waals surface area contributed by atoms with Crippen LogP contribution in [-0.4, -0.2) is 9.72 Å². The van der Waals surface area contributed by atoms with E-state index in [1.54, 1.807) is 6.20 Å². The summed E-state index contributed by atoms with van der Waals surface area (Å²) in [5, 5.41) is 4.94. The van der Waals surface area contributed by atoms with Crippen molar-refractivity contribution in [3.8, 4) is 0 Å². The van der Waals surface area contributed by atoms with Gasteiger partial charge in [0.1, 0.15) is 0 Å². The van der Waals surface area contributed by atoms with Gasteiger partial charge in [0, 0.05) is 17.8 Å². The van der Waals surface area contributed by atoms with E-state index >= 15 is 0 Å². The summed E-state index contributed by atoms with van der Waals surface area (Å²) in [7, 11) is 0. The van der Waals surface area contributed by atoms with Crippen molar-refractivity contribution in [3.63, 3.8) is 0 Å². The van der Waals surface area contributed by atoms with Gasteiger partial charge in [0.15, 0.2) is 5.76 Å². The van der Waals surface area contributed by atoms with E-state index in [1.165, 1.54) is 10.9 Å². The van der Waals surface area contributed by atoms with Crippen LogP contribution < -0.4 is 0 Å². The van der Waals surface area contributed by atoms with E-state index in [2.05, 4.69) is 34.1 Å². The Morgan fingerprint density at radius 1 is 1.13 bits per heavy atom. The summed E-state index contributed by atoms with van der Waals surface area (Å²) in [6, 6.07) is 12.3. The SMILES string of the molecule is c1ccc2c(c1)ccn2Cc1ccno1. The molecule has 0 aliphatic heterocycles. The summed E-state index contributed by atoms with van der Waals surface area (Å²) in [5.74, 6) is 0.872. The molecule has 2 heterocycles. The van der Waals surface area contributed by atoms with E-state index in [1.807, 2.05) is 18.2 Å². The molecule has 0 unspecified atom stereocenters. The lowest BCUT2D eigenvalue weighted by Gasteiger charge is -2.01. The molecule has 0 aliphatic carbocycles. The van der Waals surface area contributed by atoms with Crippen molar-refractivity contribution in [1.29, 1.82) is 0 Å². The molecule has 0 spiro atoms. The van der Waals surface area contributed by atoms with Crippen molar-refractivity contribution >= 4 is 10.9 Å². The van der Waals surface area contributed by atoms with Crippen LogP contribution in [0.25, 0.3) is 10.9 Å². The van der Waals surface area contributed by atoms with Gasteiger partial charge in [0.05, 0.1) is 12.7 Å². The molecule has 0 fully saturated rings. The summed E-state index contributed by atoms with van der Waals surface area (Å²) < 4.78 is 7.23. The summed E-state index contributed by atoms with van der Waals surface area (Å²) in [6.45, 7) is 0.730. The van der Waals surface area contributed by atoms with Crippen LogP contribution in [0.1, 0.15) is 5.76 Å². The number of hydrogen-bond acceptors (Lipinski definition) is 2. The minimum Gasteiger partial charge on any atom is -0.359 e. The van der Waals surface area contributed by atoms with Crippen LogP contribution in [0.3, 0.4) is 0 Å². The molecule has 0 N–H and O–H groups in total. The highest BCUT2D eigenvalue weighted by Crippen LogP contribution is 2.16. The van der Waals surface area contributed by atoms with Crippen LogP contribution in [0.2, 0.25) is 0 Å². The maximum absolute atomic E-state index is 5.08. The highest BCUT2D eigenvalue weighted by atomic mass is 16.5. The zero-order valence-electron chi connectivity index (χ0n) is 8.13. The van der Waals surface area contributed by atoms with Crippen molar-refractivity contribution in [2.75, 3.05) is 0 Å². The second kappa shape index (κ2) is 3.28. The molecule has 0 aliphatic rings. The Bertz CT molecular complexity index is 566. The van der Waals surface area contributed by atoms with Crippen LogP contribution in [0.5, 0.6) is 0 Å². The average molecular weight is 198 g/mol. The third kappa shape index (κ3) is 1.42. The fourth-order valence-corrected chi connectivity index (χ4v) is 1.77. The average Bonchev–Trinajstić information content (AvgIpc) is 2.89. The van der Waals surface area contributed by atoms with Gasteiger partial charge in [-0.1, -0.05) is 23.4 Å². The topological polar surface area (TPSA) is 31.0 Å². The number of nitrogens with zero attached hydrogens (tertiary/aromatic N) is 2. The Labute approximate surface area is 86.9 Å². The predicted molar refractivity (Wildman–Crippen MR) is 57.5 cm³/mol. The minimum absolute atomic E-state index is 0.730. The monoisotopic (exact) mass is 198 g/mol. The minimum atomic E-state index is 0.730. The summed E-state index contributed by atoms with van der Waals surface area (Å²) in [6.07, 6.45) is 3.73. The first-order valence-corrected chi connectivity index (χ1v) is 4.87. The second-order valence-corrected chi connectivity index (χ2v) is 3.48. The van der Waals surface area contributed by atoms with E-state index < -0.39 is 0 Å². The van der Waals surface area contributed by atoms with Crippen molar-refractivity contribution in [2.24, 2.45) is 0 Å². The second-order valence-electron chi connectivity index (χ2n) is 3.48. The fraction of sp³-hybridized carbons (Fsp3) is 0.0833. The quantitative estimate of drug-likeness (QED) is 0.633. The van der Waals surface area contributed by atoms with Gasteiger partial charge in [-0.3, -0.25) is 0 Å². The normalized spacial score (nSPS) is 10.9. The van der Waals surface area contributed by atoms with Gasteiger partial charge in [-0.05, 0) is 17.5 Å². The van der Waals surface area contributed by atoms with Gasteiger partial charge < -0.3 is 9.09 Å². The molecule has 2 aromatic heterocycles. The number of rotatable bonds is 2. The predicted octanol–water partition coefficient (Wildman–Crippen LogP) is 2.68. The summed E-state index contributed by atoms with van der Waals surface area (Å²) >= 11 is 0. The molecule has 15 heavy (non-hydrogen) atoms. The largest absolute Gasteiger partial charge is 0.359 e. The van der Waals surface area contributed by atoms with Crippen LogP contribution in [-0.2, 0) is 6.54 Å². The van der Waals surface area contributed by atoms with Crippen LogP contribution in [0.4, 0.5) is 0 Å². The molecule has 3 aromatic rings. The summed E-state index contributed by atoms with van der Waals surface area (Å²) in [5.41, 5.74) is 1.22. The number of fused-ring (bicyclic) bond motifs is 1. The first kappa shape index (κ1) is 8.29. The number of aromatic nitrogens is 2. The van der Waals surface area contributed by atoms with Crippen LogP contribution in [0.15, 0.2) is 53.3 Å². The van der Waals surface area contributed by atoms with Crippen molar-refractivity contribution in [3.05, 3.63) is 54.6 Å². The number of para-hydroxylation sites is 1. The third-order valence-corrected chi connectivity index (χ3v) is 2.50. The lowest BCUT2D eigenvalue weighted by molar-refractivity contribution is 0.378. The maximum atomic E-state index is 5.08. The third-order valence-electron chi connectivity index (χ3n) is 2.50. The zero-order chi connectivity index (χ0) is 10.1. The Hall–Kier alpha value is -2.03. The van der Waals surface area contributed by atoms with Gasteiger partial charge in [0.25, 0.3) is 0 Å². The molecule has 0 bridgehead atoms. The highest BCUT2D eigenvalue weighted by molar-refractivity contribution is 5.79. The van der Waals surface area contributed by atoms with E-state index in [9.17, 15) is 0 Å². The Kier molecular flexibility index (Phi) is 1.81. The van der Waals surface area contributed by atoms with Gasteiger partial charge in [-0.2, -0.15) is 0 Å².